The van der Waals surface area contributed by atoms with Crippen LogP contribution in [-0.2, 0) is 5.41 Å². The van der Waals surface area contributed by atoms with Gasteiger partial charge in [0.25, 0.3) is 0 Å². The number of aliphatic hydroxyl groups excluding tert-OH is 1. The molecule has 2 rings (SSSR count). The molecule has 1 aromatic rings. The van der Waals surface area contributed by atoms with Crippen LogP contribution in [0, 0.1) is 0 Å². The molecule has 1 N–H and O–H groups in total. The van der Waals surface area contributed by atoms with Crippen LogP contribution in [0.2, 0.25) is 5.02 Å². The van der Waals surface area contributed by atoms with Crippen molar-refractivity contribution in [3.63, 3.8) is 0 Å². The summed E-state index contributed by atoms with van der Waals surface area (Å²) in [6.07, 6.45) is 1.85. The number of hydrogen-bond acceptors (Lipinski definition) is 1. The van der Waals surface area contributed by atoms with E-state index in [4.69, 9.17) is 11.6 Å². The Labute approximate surface area is 97.2 Å². The Balaban J connectivity index is 2.38. The van der Waals surface area contributed by atoms with Crippen LogP contribution in [0.1, 0.15) is 25.3 Å². The Kier molecular flexibility index (Phi) is 2.63. The summed E-state index contributed by atoms with van der Waals surface area (Å²) in [4.78, 5) is 0. The Morgan fingerprint density at radius 3 is 2.57 bits per heavy atom. The third-order valence-electron chi connectivity index (χ3n) is 3.08. The Bertz CT molecular complexity index is 358. The van der Waals surface area contributed by atoms with E-state index in [0.29, 0.717) is 0 Å². The van der Waals surface area contributed by atoms with Crippen LogP contribution in [0.4, 0.5) is 0 Å². The lowest BCUT2D eigenvalue weighted by Gasteiger charge is -2.19. The summed E-state index contributed by atoms with van der Waals surface area (Å²) in [5.41, 5.74) is 1.18. The maximum Gasteiger partial charge on any atom is 0.0608 e. The van der Waals surface area contributed by atoms with E-state index in [1.54, 1.807) is 0 Å². The van der Waals surface area contributed by atoms with Crippen LogP contribution in [0.3, 0.4) is 0 Å². The summed E-state index contributed by atoms with van der Waals surface area (Å²) in [5, 5.41) is 10.4. The van der Waals surface area contributed by atoms with Crippen molar-refractivity contribution in [2.45, 2.75) is 31.3 Å². The van der Waals surface area contributed by atoms with Crippen LogP contribution in [-0.4, -0.2) is 11.2 Å². The van der Waals surface area contributed by atoms with Crippen molar-refractivity contribution >= 4 is 27.5 Å². The SMILES string of the molecule is CC(O)C1(c2ccc(Cl)c(Br)c2)CC1. The molecule has 1 aromatic carbocycles. The average molecular weight is 276 g/mol. The predicted octanol–water partition coefficient (Wildman–Crippen LogP) is 3.51. The van der Waals surface area contributed by atoms with E-state index in [1.165, 1.54) is 5.56 Å². The van der Waals surface area contributed by atoms with Gasteiger partial charge in [-0.25, -0.2) is 0 Å². The van der Waals surface area contributed by atoms with Crippen LogP contribution < -0.4 is 0 Å². The highest BCUT2D eigenvalue weighted by molar-refractivity contribution is 9.10. The van der Waals surface area contributed by atoms with Crippen LogP contribution in [0.15, 0.2) is 22.7 Å². The summed E-state index contributed by atoms with van der Waals surface area (Å²) in [6, 6.07) is 5.90. The Hall–Kier alpha value is -0.0500. The molecule has 1 atom stereocenters. The molecule has 0 aromatic heterocycles. The first kappa shape index (κ1) is 10.5. The van der Waals surface area contributed by atoms with Gasteiger partial charge in [-0.1, -0.05) is 17.7 Å². The van der Waals surface area contributed by atoms with E-state index >= 15 is 0 Å². The van der Waals surface area contributed by atoms with E-state index < -0.39 is 0 Å². The third-order valence-corrected chi connectivity index (χ3v) is 4.30. The summed E-state index contributed by atoms with van der Waals surface area (Å²) in [7, 11) is 0. The minimum absolute atomic E-state index is 0.00684. The highest BCUT2D eigenvalue weighted by Gasteiger charge is 2.48. The molecule has 0 amide bonds. The van der Waals surface area contributed by atoms with Crippen molar-refractivity contribution in [3.8, 4) is 0 Å². The largest absolute Gasteiger partial charge is 0.392 e. The molecule has 0 spiro atoms. The van der Waals surface area contributed by atoms with Gasteiger partial charge in [0.1, 0.15) is 0 Å². The molecule has 0 saturated heterocycles. The highest BCUT2D eigenvalue weighted by atomic mass is 79.9. The fourth-order valence-corrected chi connectivity index (χ4v) is 2.38. The first-order valence-corrected chi connectivity index (χ1v) is 5.87. The fraction of sp³-hybridized carbons (Fsp3) is 0.455. The molecule has 0 bridgehead atoms. The summed E-state index contributed by atoms with van der Waals surface area (Å²) < 4.78 is 0.906. The number of rotatable bonds is 2. The van der Waals surface area contributed by atoms with Gasteiger partial charge in [0, 0.05) is 9.89 Å². The monoisotopic (exact) mass is 274 g/mol. The second kappa shape index (κ2) is 3.51. The van der Waals surface area contributed by atoms with Crippen LogP contribution in [0.25, 0.3) is 0 Å². The van der Waals surface area contributed by atoms with Gasteiger partial charge < -0.3 is 5.11 Å². The maximum absolute atomic E-state index is 9.71. The number of hydrogen-bond donors (Lipinski definition) is 1. The molecule has 76 valence electrons. The number of halogens is 2. The molecule has 1 saturated carbocycles. The highest BCUT2D eigenvalue weighted by Crippen LogP contribution is 2.51. The number of aliphatic hydroxyl groups is 1. The van der Waals surface area contributed by atoms with Gasteiger partial charge in [-0.15, -0.1) is 0 Å². The van der Waals surface area contributed by atoms with E-state index in [1.807, 2.05) is 25.1 Å². The fourth-order valence-electron chi connectivity index (χ4n) is 1.89. The van der Waals surface area contributed by atoms with Gasteiger partial charge in [0.2, 0.25) is 0 Å². The van der Waals surface area contributed by atoms with Gasteiger partial charge in [0.15, 0.2) is 0 Å². The zero-order chi connectivity index (χ0) is 10.3. The Morgan fingerprint density at radius 2 is 2.14 bits per heavy atom. The lowest BCUT2D eigenvalue weighted by molar-refractivity contribution is 0.150. The lowest BCUT2D eigenvalue weighted by Crippen LogP contribution is -2.22. The van der Waals surface area contributed by atoms with E-state index in [9.17, 15) is 5.11 Å². The van der Waals surface area contributed by atoms with Crippen molar-refractivity contribution < 1.29 is 5.11 Å². The topological polar surface area (TPSA) is 20.2 Å². The minimum Gasteiger partial charge on any atom is -0.392 e. The average Bonchev–Trinajstić information content (AvgIpc) is 2.90. The zero-order valence-corrected chi connectivity index (χ0v) is 10.3. The molecule has 1 fully saturated rings. The van der Waals surface area contributed by atoms with Gasteiger partial charge in [0.05, 0.1) is 11.1 Å². The quantitative estimate of drug-likeness (QED) is 0.876. The smallest absolute Gasteiger partial charge is 0.0608 e. The normalized spacial score (nSPS) is 20.6. The van der Waals surface area contributed by atoms with Crippen molar-refractivity contribution in [1.82, 2.24) is 0 Å². The second-order valence-corrected chi connectivity index (χ2v) is 5.22. The van der Waals surface area contributed by atoms with Gasteiger partial charge in [-0.2, -0.15) is 0 Å². The first-order valence-electron chi connectivity index (χ1n) is 4.70. The molecule has 3 heteroatoms. The third kappa shape index (κ3) is 1.60. The van der Waals surface area contributed by atoms with Gasteiger partial charge in [-0.3, -0.25) is 0 Å². The van der Waals surface area contributed by atoms with Crippen molar-refractivity contribution in [2.75, 3.05) is 0 Å². The first-order chi connectivity index (χ1) is 6.56. The minimum atomic E-state index is -0.282. The summed E-state index contributed by atoms with van der Waals surface area (Å²) in [5.74, 6) is 0. The van der Waals surface area contributed by atoms with E-state index in [0.717, 1.165) is 22.3 Å². The molecule has 0 radical (unpaired) electrons. The summed E-state index contributed by atoms with van der Waals surface area (Å²) >= 11 is 9.32. The van der Waals surface area contributed by atoms with Crippen LogP contribution in [0.5, 0.6) is 0 Å². The lowest BCUT2D eigenvalue weighted by atomic mass is 9.91. The predicted molar refractivity (Wildman–Crippen MR) is 61.7 cm³/mol. The van der Waals surface area contributed by atoms with Gasteiger partial charge in [-0.05, 0) is 53.4 Å². The molecule has 1 aliphatic rings. The molecule has 1 unspecified atom stereocenters. The van der Waals surface area contributed by atoms with E-state index in [-0.39, 0.29) is 11.5 Å². The van der Waals surface area contributed by atoms with Crippen LogP contribution >= 0.6 is 27.5 Å². The number of benzene rings is 1. The van der Waals surface area contributed by atoms with Crippen molar-refractivity contribution in [3.05, 3.63) is 33.3 Å². The summed E-state index contributed by atoms with van der Waals surface area (Å²) in [6.45, 7) is 1.86. The maximum atomic E-state index is 9.71. The molecular weight excluding hydrogens is 263 g/mol. The van der Waals surface area contributed by atoms with Gasteiger partial charge >= 0.3 is 0 Å². The van der Waals surface area contributed by atoms with E-state index in [2.05, 4.69) is 15.9 Å². The molecule has 0 aliphatic heterocycles. The zero-order valence-electron chi connectivity index (χ0n) is 7.93. The molecule has 14 heavy (non-hydrogen) atoms. The molecule has 1 aliphatic carbocycles. The molecular formula is C11H12BrClO. The second-order valence-electron chi connectivity index (χ2n) is 3.96. The molecule has 1 nitrogen and oxygen atoms in total. The standard InChI is InChI=1S/C11H12BrClO/c1-7(14)11(4-5-11)8-2-3-10(13)9(12)6-8/h2-3,6-7,14H,4-5H2,1H3. The molecule has 0 heterocycles. The van der Waals surface area contributed by atoms with Crippen molar-refractivity contribution in [2.24, 2.45) is 0 Å². The Morgan fingerprint density at radius 1 is 1.50 bits per heavy atom. The van der Waals surface area contributed by atoms with Crippen molar-refractivity contribution in [1.29, 1.82) is 0 Å².